The number of aromatic amines is 1. The first-order valence-corrected chi connectivity index (χ1v) is 18.4. The Morgan fingerprint density at radius 3 is 1.36 bits per heavy atom. The minimum Gasteiger partial charge on any atom is -0.454 e. The molecule has 1 N–H and O–H groups in total. The van der Waals surface area contributed by atoms with Crippen molar-refractivity contribution >= 4 is 65.7 Å². The fourth-order valence-corrected chi connectivity index (χ4v) is 8.30. The van der Waals surface area contributed by atoms with Gasteiger partial charge in [0, 0.05) is 54.6 Å². The lowest BCUT2D eigenvalue weighted by molar-refractivity contribution is 0.590. The number of rotatable bonds is 0. The maximum atomic E-state index is 6.65. The molecule has 6 heterocycles. The highest BCUT2D eigenvalue weighted by atomic mass is 16.3. The molecule has 0 unspecified atom stereocenters. The zero-order valence-corrected chi connectivity index (χ0v) is 30.6. The Labute approximate surface area is 306 Å². The van der Waals surface area contributed by atoms with Crippen molar-refractivity contribution < 1.29 is 8.83 Å². The highest BCUT2D eigenvalue weighted by Gasteiger charge is 2.27. The quantitative estimate of drug-likeness (QED) is 0.172. The lowest BCUT2D eigenvalue weighted by Crippen LogP contribution is -2.11. The number of hydrogen-bond donors (Lipinski definition) is 1. The van der Waals surface area contributed by atoms with Crippen molar-refractivity contribution in [2.75, 3.05) is 0 Å². The minimum absolute atomic E-state index is 0.104. The van der Waals surface area contributed by atoms with Crippen molar-refractivity contribution in [1.82, 2.24) is 15.0 Å². The Morgan fingerprint density at radius 2 is 0.906 bits per heavy atom. The van der Waals surface area contributed by atoms with Gasteiger partial charge in [-0.3, -0.25) is 0 Å². The summed E-state index contributed by atoms with van der Waals surface area (Å²) >= 11 is 0. The van der Waals surface area contributed by atoms with Crippen LogP contribution in [0.25, 0.3) is 111 Å². The first-order valence-electron chi connectivity index (χ1n) is 18.4. The smallest absolute Gasteiger partial charge is 0.161 e. The Bertz CT molecular complexity index is 2990. The van der Waals surface area contributed by atoms with E-state index in [-0.39, 0.29) is 10.8 Å². The first kappa shape index (κ1) is 30.4. The van der Waals surface area contributed by atoms with E-state index in [0.29, 0.717) is 0 Å². The summed E-state index contributed by atoms with van der Waals surface area (Å²) in [6.07, 6.45) is 0. The van der Waals surface area contributed by atoms with Crippen LogP contribution in [0, 0.1) is 0 Å². The second kappa shape index (κ2) is 10.2. The van der Waals surface area contributed by atoms with E-state index in [2.05, 4.69) is 131 Å². The minimum atomic E-state index is -0.104. The summed E-state index contributed by atoms with van der Waals surface area (Å²) in [7, 11) is 0. The summed E-state index contributed by atoms with van der Waals surface area (Å²) in [4.78, 5) is 15.0. The summed E-state index contributed by atoms with van der Waals surface area (Å²) < 4.78 is 13.3. The fourth-order valence-electron chi connectivity index (χ4n) is 8.30. The van der Waals surface area contributed by atoms with Gasteiger partial charge in [-0.2, -0.15) is 0 Å². The molecule has 5 heteroatoms. The summed E-state index contributed by atoms with van der Waals surface area (Å²) in [5.74, 6) is 0. The van der Waals surface area contributed by atoms with E-state index in [1.54, 1.807) is 0 Å². The van der Waals surface area contributed by atoms with Crippen molar-refractivity contribution in [3.63, 3.8) is 0 Å². The molecular formula is C48H37N3O2. The van der Waals surface area contributed by atoms with E-state index < -0.39 is 0 Å². The topological polar surface area (TPSA) is 67.8 Å². The summed E-state index contributed by atoms with van der Waals surface area (Å²) in [5, 5.41) is 6.58. The number of para-hydroxylation sites is 2. The monoisotopic (exact) mass is 687 g/mol. The van der Waals surface area contributed by atoms with Gasteiger partial charge in [0.05, 0.1) is 22.4 Å². The number of aromatic nitrogens is 3. The number of benzene rings is 5. The number of H-pyrrole nitrogens is 1. The number of fused-ring (bicyclic) bond motifs is 19. The van der Waals surface area contributed by atoms with Gasteiger partial charge in [-0.1, -0.05) is 96.1 Å². The normalized spacial score (nSPS) is 13.1. The van der Waals surface area contributed by atoms with Crippen molar-refractivity contribution in [2.45, 2.75) is 52.4 Å². The van der Waals surface area contributed by atoms with Gasteiger partial charge in [0.25, 0.3) is 0 Å². The highest BCUT2D eigenvalue weighted by Crippen LogP contribution is 2.46. The van der Waals surface area contributed by atoms with Crippen LogP contribution in [0.5, 0.6) is 0 Å². The Hall–Kier alpha value is -6.20. The molecule has 0 fully saturated rings. The third-order valence-electron chi connectivity index (χ3n) is 11.2. The molecule has 256 valence electrons. The molecule has 0 amide bonds. The molecule has 0 spiro atoms. The predicted octanol–water partition coefficient (Wildman–Crippen LogP) is 13.5. The maximum Gasteiger partial charge on any atom is 0.161 e. The Kier molecular flexibility index (Phi) is 5.87. The number of nitrogens with one attached hydrogen (secondary N) is 1. The van der Waals surface area contributed by atoms with Crippen molar-refractivity contribution in [2.24, 2.45) is 0 Å². The third-order valence-corrected chi connectivity index (χ3v) is 11.2. The first-order chi connectivity index (χ1) is 25.5. The van der Waals surface area contributed by atoms with E-state index in [4.69, 9.17) is 18.8 Å². The molecule has 11 rings (SSSR count). The van der Waals surface area contributed by atoms with Gasteiger partial charge >= 0.3 is 0 Å². The molecule has 1 aliphatic rings. The molecule has 0 saturated heterocycles. The lowest BCUT2D eigenvalue weighted by Gasteiger charge is -2.21. The van der Waals surface area contributed by atoms with Gasteiger partial charge in [-0.05, 0) is 76.6 Å². The Balaban J connectivity index is 1.40. The van der Waals surface area contributed by atoms with Crippen molar-refractivity contribution in [3.8, 4) is 45.0 Å². The van der Waals surface area contributed by atoms with Gasteiger partial charge in [0.15, 0.2) is 11.2 Å². The highest BCUT2D eigenvalue weighted by molar-refractivity contribution is 6.18. The molecule has 0 saturated carbocycles. The summed E-state index contributed by atoms with van der Waals surface area (Å²) in [6.45, 7) is 13.7. The molecule has 10 aromatic rings. The van der Waals surface area contributed by atoms with E-state index >= 15 is 0 Å². The van der Waals surface area contributed by atoms with Crippen LogP contribution in [0.2, 0.25) is 0 Å². The molecule has 0 radical (unpaired) electrons. The molecule has 0 atom stereocenters. The van der Waals surface area contributed by atoms with E-state index in [1.165, 1.54) is 21.9 Å². The average Bonchev–Trinajstić information content (AvgIpc) is 3.83. The second-order valence-corrected chi connectivity index (χ2v) is 16.8. The molecule has 5 nitrogen and oxygen atoms in total. The molecule has 1 aliphatic heterocycles. The lowest BCUT2D eigenvalue weighted by atomic mass is 9.83. The van der Waals surface area contributed by atoms with Gasteiger partial charge in [0.1, 0.15) is 22.6 Å². The van der Waals surface area contributed by atoms with E-state index in [1.807, 2.05) is 24.3 Å². The standard InChI is InChI=1S/C48H37N3O2/c1-47(2,3)27-19-31-32-20-28(48(4,5)6)22-36-38-24-34-30-15-8-10-17-40(30)53-46(34)42(50-38)26-13-11-12-25(18-26)41-45-33(29-14-7-9-16-39(29)52-45)23-37(49-41)35(21-27)43(31)51-44(32)36/h7-24,51H,1-6H3. The second-order valence-electron chi connectivity index (χ2n) is 16.8. The van der Waals surface area contributed by atoms with Crippen LogP contribution >= 0.6 is 0 Å². The molecule has 5 aromatic heterocycles. The van der Waals surface area contributed by atoms with Gasteiger partial charge in [-0.25, -0.2) is 9.97 Å². The van der Waals surface area contributed by atoms with Crippen LogP contribution in [0.4, 0.5) is 0 Å². The molecule has 0 aliphatic carbocycles. The fraction of sp³-hybridized carbons (Fsp3) is 0.167. The SMILES string of the molecule is CC(C)(C)c1cc2c3[nH]c4c(cc(C(C)(C)C)cc4c3c1)-c1cc3c(oc4ccccc43)c(n1)-c1cccc(c1)-c1nc-2cc2c1oc1ccccc12. The molecular weight excluding hydrogens is 651 g/mol. The number of hydrogen-bond acceptors (Lipinski definition) is 4. The number of pyridine rings is 2. The van der Waals surface area contributed by atoms with Crippen LogP contribution in [-0.4, -0.2) is 15.0 Å². The van der Waals surface area contributed by atoms with Crippen LogP contribution in [0.3, 0.4) is 0 Å². The number of furan rings is 2. The predicted molar refractivity (Wildman–Crippen MR) is 219 cm³/mol. The van der Waals surface area contributed by atoms with Gasteiger partial charge in [0.2, 0.25) is 0 Å². The van der Waals surface area contributed by atoms with Gasteiger partial charge < -0.3 is 13.8 Å². The van der Waals surface area contributed by atoms with Crippen LogP contribution < -0.4 is 0 Å². The zero-order valence-electron chi connectivity index (χ0n) is 30.6. The molecule has 53 heavy (non-hydrogen) atoms. The summed E-state index contributed by atoms with van der Waals surface area (Å²) in [5.41, 5.74) is 15.1. The molecule has 5 aromatic carbocycles. The van der Waals surface area contributed by atoms with E-state index in [0.717, 1.165) is 99.9 Å². The maximum absolute atomic E-state index is 6.65. The van der Waals surface area contributed by atoms with E-state index in [9.17, 15) is 0 Å². The largest absolute Gasteiger partial charge is 0.454 e. The number of nitrogens with zero attached hydrogens (tertiary/aromatic N) is 2. The van der Waals surface area contributed by atoms with Crippen molar-refractivity contribution in [1.29, 1.82) is 0 Å². The third kappa shape index (κ3) is 4.37. The van der Waals surface area contributed by atoms with Crippen LogP contribution in [0.1, 0.15) is 52.7 Å². The Morgan fingerprint density at radius 1 is 0.453 bits per heavy atom. The van der Waals surface area contributed by atoms with Crippen LogP contribution in [-0.2, 0) is 10.8 Å². The van der Waals surface area contributed by atoms with Gasteiger partial charge in [-0.15, -0.1) is 0 Å². The van der Waals surface area contributed by atoms with Crippen molar-refractivity contribution in [3.05, 3.63) is 120 Å². The summed E-state index contributed by atoms with van der Waals surface area (Å²) in [6, 6.07) is 39.0. The average molecular weight is 688 g/mol. The van der Waals surface area contributed by atoms with Crippen LogP contribution in [0.15, 0.2) is 118 Å². The molecule has 8 bridgehead atoms. The zero-order chi connectivity index (χ0) is 36.0.